The van der Waals surface area contributed by atoms with Crippen molar-refractivity contribution in [3.05, 3.63) is 52.4 Å². The largest absolute Gasteiger partial charge is 0.481 e. The fourth-order valence-corrected chi connectivity index (χ4v) is 2.94. The number of hydrogen-bond acceptors (Lipinski definition) is 4. The van der Waals surface area contributed by atoms with E-state index >= 15 is 0 Å². The van der Waals surface area contributed by atoms with Gasteiger partial charge in [0.05, 0.1) is 12.0 Å². The molecule has 0 spiro atoms. The molecule has 25 heavy (non-hydrogen) atoms. The van der Waals surface area contributed by atoms with Gasteiger partial charge in [-0.25, -0.2) is 0 Å². The SMILES string of the molecule is CC(C)c1ccc(C(=O)Nc2sccc2C(=O)NCCC(=O)O)cc1. The highest BCUT2D eigenvalue weighted by molar-refractivity contribution is 7.14. The minimum Gasteiger partial charge on any atom is -0.481 e. The van der Waals surface area contributed by atoms with Gasteiger partial charge in [-0.2, -0.15) is 0 Å². The van der Waals surface area contributed by atoms with Crippen LogP contribution < -0.4 is 10.6 Å². The molecule has 0 aliphatic carbocycles. The first-order valence-electron chi connectivity index (χ1n) is 7.87. The Balaban J connectivity index is 2.03. The van der Waals surface area contributed by atoms with Gasteiger partial charge >= 0.3 is 5.97 Å². The molecule has 0 aliphatic rings. The Bertz CT molecular complexity index is 766. The van der Waals surface area contributed by atoms with Crippen molar-refractivity contribution < 1.29 is 19.5 Å². The van der Waals surface area contributed by atoms with Crippen molar-refractivity contribution in [2.75, 3.05) is 11.9 Å². The molecule has 0 saturated heterocycles. The summed E-state index contributed by atoms with van der Waals surface area (Å²) in [5, 5.41) is 16.0. The third-order valence-corrected chi connectivity index (χ3v) is 4.43. The molecular formula is C18H20N2O4S. The van der Waals surface area contributed by atoms with Crippen molar-refractivity contribution in [2.45, 2.75) is 26.2 Å². The molecule has 0 fully saturated rings. The topological polar surface area (TPSA) is 95.5 Å². The van der Waals surface area contributed by atoms with Crippen LogP contribution in [0.4, 0.5) is 5.00 Å². The Morgan fingerprint density at radius 3 is 2.36 bits per heavy atom. The third-order valence-electron chi connectivity index (χ3n) is 3.60. The number of nitrogens with one attached hydrogen (secondary N) is 2. The molecule has 0 atom stereocenters. The quantitative estimate of drug-likeness (QED) is 0.706. The molecule has 2 amide bonds. The van der Waals surface area contributed by atoms with Gasteiger partial charge in [-0.3, -0.25) is 14.4 Å². The van der Waals surface area contributed by atoms with Crippen LogP contribution in [0.2, 0.25) is 0 Å². The zero-order chi connectivity index (χ0) is 18.4. The normalized spacial score (nSPS) is 10.5. The summed E-state index contributed by atoms with van der Waals surface area (Å²) in [5.41, 5.74) is 1.98. The van der Waals surface area contributed by atoms with E-state index in [0.717, 1.165) is 5.56 Å². The lowest BCUT2D eigenvalue weighted by Gasteiger charge is -2.09. The van der Waals surface area contributed by atoms with Crippen LogP contribution in [0.15, 0.2) is 35.7 Å². The van der Waals surface area contributed by atoms with Crippen LogP contribution in [-0.4, -0.2) is 29.4 Å². The van der Waals surface area contributed by atoms with Crippen LogP contribution in [0.25, 0.3) is 0 Å². The lowest BCUT2D eigenvalue weighted by atomic mass is 10.0. The average molecular weight is 360 g/mol. The standard InChI is InChI=1S/C18H20N2O4S/c1-11(2)12-3-5-13(6-4-12)16(23)20-18-14(8-10-25-18)17(24)19-9-7-15(21)22/h3-6,8,10-11H,7,9H2,1-2H3,(H,19,24)(H,20,23)(H,21,22). The third kappa shape index (κ3) is 5.15. The van der Waals surface area contributed by atoms with Gasteiger partial charge < -0.3 is 15.7 Å². The highest BCUT2D eigenvalue weighted by atomic mass is 32.1. The van der Waals surface area contributed by atoms with Gasteiger partial charge in [0, 0.05) is 12.1 Å². The number of thiophene rings is 1. The number of anilines is 1. The second-order valence-electron chi connectivity index (χ2n) is 5.79. The summed E-state index contributed by atoms with van der Waals surface area (Å²) in [6.45, 7) is 4.19. The Kier molecular flexibility index (Phi) is 6.30. The van der Waals surface area contributed by atoms with Gasteiger partial charge in [0.1, 0.15) is 5.00 Å². The second-order valence-corrected chi connectivity index (χ2v) is 6.71. The van der Waals surface area contributed by atoms with Crippen LogP contribution in [0.5, 0.6) is 0 Å². The number of aliphatic carboxylic acids is 1. The summed E-state index contributed by atoms with van der Waals surface area (Å²) in [7, 11) is 0. The summed E-state index contributed by atoms with van der Waals surface area (Å²) in [5.74, 6) is -1.30. The van der Waals surface area contributed by atoms with Gasteiger partial charge in [0.2, 0.25) is 0 Å². The molecule has 3 N–H and O–H groups in total. The van der Waals surface area contributed by atoms with Crippen molar-refractivity contribution >= 4 is 34.1 Å². The number of carboxylic acid groups (broad SMARTS) is 1. The number of amides is 2. The molecule has 1 aromatic heterocycles. The molecule has 7 heteroatoms. The van der Waals surface area contributed by atoms with E-state index in [2.05, 4.69) is 24.5 Å². The highest BCUT2D eigenvalue weighted by Crippen LogP contribution is 2.24. The van der Waals surface area contributed by atoms with E-state index in [9.17, 15) is 14.4 Å². The monoisotopic (exact) mass is 360 g/mol. The number of rotatable bonds is 7. The summed E-state index contributed by atoms with van der Waals surface area (Å²) in [6.07, 6.45) is -0.153. The maximum atomic E-state index is 12.4. The van der Waals surface area contributed by atoms with E-state index in [-0.39, 0.29) is 18.9 Å². The summed E-state index contributed by atoms with van der Waals surface area (Å²) in [6, 6.07) is 8.93. The molecule has 2 rings (SSSR count). The molecule has 1 heterocycles. The Hall–Kier alpha value is -2.67. The maximum Gasteiger partial charge on any atom is 0.305 e. The van der Waals surface area contributed by atoms with Crippen molar-refractivity contribution in [3.8, 4) is 0 Å². The fraction of sp³-hybridized carbons (Fsp3) is 0.278. The summed E-state index contributed by atoms with van der Waals surface area (Å²) < 4.78 is 0. The molecule has 1 aromatic carbocycles. The minimum absolute atomic E-state index is 0.0358. The smallest absolute Gasteiger partial charge is 0.305 e. The molecule has 0 saturated carbocycles. The Morgan fingerprint density at radius 1 is 1.08 bits per heavy atom. The van der Waals surface area contributed by atoms with Gasteiger partial charge in [-0.15, -0.1) is 11.3 Å². The van der Waals surface area contributed by atoms with E-state index in [1.807, 2.05) is 12.1 Å². The van der Waals surface area contributed by atoms with E-state index in [1.165, 1.54) is 11.3 Å². The molecule has 0 bridgehead atoms. The summed E-state index contributed by atoms with van der Waals surface area (Å²) >= 11 is 1.24. The molecule has 0 radical (unpaired) electrons. The van der Waals surface area contributed by atoms with Crippen molar-refractivity contribution in [2.24, 2.45) is 0 Å². The Morgan fingerprint density at radius 2 is 1.76 bits per heavy atom. The van der Waals surface area contributed by atoms with Gasteiger partial charge in [-0.05, 0) is 35.1 Å². The van der Waals surface area contributed by atoms with Crippen LogP contribution in [0.1, 0.15) is 52.5 Å². The van der Waals surface area contributed by atoms with Crippen molar-refractivity contribution in [1.29, 1.82) is 0 Å². The minimum atomic E-state index is -0.982. The lowest BCUT2D eigenvalue weighted by Crippen LogP contribution is -2.26. The van der Waals surface area contributed by atoms with Crippen LogP contribution in [0, 0.1) is 0 Å². The first-order valence-corrected chi connectivity index (χ1v) is 8.75. The van der Waals surface area contributed by atoms with Crippen LogP contribution >= 0.6 is 11.3 Å². The highest BCUT2D eigenvalue weighted by Gasteiger charge is 2.16. The predicted octanol–water partition coefficient (Wildman–Crippen LogP) is 3.33. The first kappa shape index (κ1) is 18.7. The lowest BCUT2D eigenvalue weighted by molar-refractivity contribution is -0.136. The number of carbonyl (C=O) groups is 3. The van der Waals surface area contributed by atoms with Gasteiger partial charge in [-0.1, -0.05) is 26.0 Å². The van der Waals surface area contributed by atoms with E-state index in [0.29, 0.717) is 22.0 Å². The number of carbonyl (C=O) groups excluding carboxylic acids is 2. The van der Waals surface area contributed by atoms with E-state index in [1.54, 1.807) is 23.6 Å². The number of carboxylic acids is 1. The van der Waals surface area contributed by atoms with Crippen LogP contribution in [0.3, 0.4) is 0 Å². The Labute approximate surface area is 149 Å². The number of benzene rings is 1. The van der Waals surface area contributed by atoms with Gasteiger partial charge in [0.25, 0.3) is 11.8 Å². The summed E-state index contributed by atoms with van der Waals surface area (Å²) in [4.78, 5) is 35.0. The fourth-order valence-electron chi connectivity index (χ4n) is 2.16. The van der Waals surface area contributed by atoms with Crippen molar-refractivity contribution in [3.63, 3.8) is 0 Å². The van der Waals surface area contributed by atoms with Crippen LogP contribution in [-0.2, 0) is 4.79 Å². The maximum absolute atomic E-state index is 12.4. The molecule has 2 aromatic rings. The second kappa shape index (κ2) is 8.43. The zero-order valence-corrected chi connectivity index (χ0v) is 14.9. The van der Waals surface area contributed by atoms with E-state index in [4.69, 9.17) is 5.11 Å². The molecule has 6 nitrogen and oxygen atoms in total. The van der Waals surface area contributed by atoms with Crippen molar-refractivity contribution in [1.82, 2.24) is 5.32 Å². The zero-order valence-electron chi connectivity index (χ0n) is 14.0. The molecule has 0 aliphatic heterocycles. The first-order chi connectivity index (χ1) is 11.9. The predicted molar refractivity (Wildman–Crippen MR) is 97.4 cm³/mol. The molecule has 132 valence electrons. The average Bonchev–Trinajstić information content (AvgIpc) is 3.02. The van der Waals surface area contributed by atoms with E-state index < -0.39 is 11.9 Å². The number of hydrogen-bond donors (Lipinski definition) is 3. The molecule has 0 unspecified atom stereocenters. The molecular weight excluding hydrogens is 340 g/mol. The van der Waals surface area contributed by atoms with Gasteiger partial charge in [0.15, 0.2) is 0 Å².